The molecule has 0 radical (unpaired) electrons. The van der Waals surface area contributed by atoms with Gasteiger partial charge in [0, 0.05) is 6.54 Å². The molecule has 9 heteroatoms. The highest BCUT2D eigenvalue weighted by Crippen LogP contribution is 2.40. The minimum absolute atomic E-state index is 0.127. The molecule has 0 aromatic heterocycles. The monoisotopic (exact) mass is 384 g/mol. The predicted octanol–water partition coefficient (Wildman–Crippen LogP) is 1.61. The number of carbonyl (C=O) groups excluding carboxylic acids is 2. The van der Waals surface area contributed by atoms with E-state index in [2.05, 4.69) is 5.32 Å². The van der Waals surface area contributed by atoms with Crippen molar-refractivity contribution in [3.8, 4) is 5.75 Å². The minimum Gasteiger partial charge on any atom is -0.490 e. The summed E-state index contributed by atoms with van der Waals surface area (Å²) in [6, 6.07) is 1.73. The number of fused-ring (bicyclic) bond motifs is 2. The lowest BCUT2D eigenvalue weighted by Gasteiger charge is -2.28. The van der Waals surface area contributed by atoms with E-state index in [1.165, 1.54) is 17.0 Å². The van der Waals surface area contributed by atoms with Gasteiger partial charge >= 0.3 is 0 Å². The number of carbonyl (C=O) groups is 2. The third kappa shape index (κ3) is 2.72. The molecule has 1 aromatic rings. The molecule has 1 aromatic carbocycles. The quantitative estimate of drug-likeness (QED) is 0.796. The maximum atomic E-state index is 13.8. The molecule has 3 aliphatic rings. The van der Waals surface area contributed by atoms with Crippen LogP contribution in [0.15, 0.2) is 12.1 Å². The van der Waals surface area contributed by atoms with E-state index >= 15 is 0 Å². The number of ether oxygens (including phenoxy) is 3. The Kier molecular flexibility index (Phi) is 4.09. The molecule has 140 valence electrons. The second kappa shape index (κ2) is 6.07. The Morgan fingerprint density at radius 1 is 1.38 bits per heavy atom. The van der Waals surface area contributed by atoms with E-state index in [0.29, 0.717) is 25.3 Å². The van der Waals surface area contributed by atoms with Gasteiger partial charge in [0.2, 0.25) is 0 Å². The van der Waals surface area contributed by atoms with Gasteiger partial charge in [-0.1, -0.05) is 11.6 Å². The molecule has 7 nitrogen and oxygen atoms in total. The summed E-state index contributed by atoms with van der Waals surface area (Å²) >= 11 is 6.01. The maximum absolute atomic E-state index is 13.8. The van der Waals surface area contributed by atoms with Crippen molar-refractivity contribution in [3.05, 3.63) is 23.0 Å². The van der Waals surface area contributed by atoms with Crippen molar-refractivity contribution < 1.29 is 28.2 Å². The highest BCUT2D eigenvalue weighted by Gasteiger charge is 2.57. The Morgan fingerprint density at radius 2 is 2.15 bits per heavy atom. The molecule has 0 bridgehead atoms. The number of anilines is 1. The number of rotatable bonds is 1. The molecule has 0 unspecified atom stereocenters. The van der Waals surface area contributed by atoms with Crippen molar-refractivity contribution in [3.63, 3.8) is 0 Å². The summed E-state index contributed by atoms with van der Waals surface area (Å²) < 4.78 is 30.6. The van der Waals surface area contributed by atoms with Crippen LogP contribution in [-0.2, 0) is 19.1 Å². The number of nitrogens with zero attached hydrogens (tertiary/aromatic N) is 1. The standard InChI is InChI=1S/C17H18ClFN2O5/c1-17(2)25-13-11(20-15(22)14(13)26-17)16(23)21-6-3-7-24-12-9(21)5-4-8(19)10(12)18/h4-5,11,13-14H,3,6-7H2,1-2H3,(H,20,22)/t11-,13-,14-/m0/s1. The van der Waals surface area contributed by atoms with Crippen molar-refractivity contribution in [2.75, 3.05) is 18.1 Å². The highest BCUT2D eigenvalue weighted by molar-refractivity contribution is 6.32. The first kappa shape index (κ1) is 17.5. The molecule has 0 spiro atoms. The molecule has 4 rings (SSSR count). The first-order valence-electron chi connectivity index (χ1n) is 8.37. The molecule has 2 amide bonds. The fourth-order valence-corrected chi connectivity index (χ4v) is 3.76. The normalized spacial score (nSPS) is 29.5. The van der Waals surface area contributed by atoms with Gasteiger partial charge in [-0.25, -0.2) is 4.39 Å². The van der Waals surface area contributed by atoms with Gasteiger partial charge in [-0.2, -0.15) is 0 Å². The lowest BCUT2D eigenvalue weighted by atomic mass is 10.1. The van der Waals surface area contributed by atoms with E-state index in [9.17, 15) is 14.0 Å². The summed E-state index contributed by atoms with van der Waals surface area (Å²) in [5.74, 6) is -2.20. The van der Waals surface area contributed by atoms with Crippen LogP contribution in [0.25, 0.3) is 0 Å². The van der Waals surface area contributed by atoms with E-state index in [-0.39, 0.29) is 22.6 Å². The van der Waals surface area contributed by atoms with Crippen molar-refractivity contribution in [2.24, 2.45) is 0 Å². The maximum Gasteiger partial charge on any atom is 0.252 e. The van der Waals surface area contributed by atoms with E-state index in [4.69, 9.17) is 25.8 Å². The predicted molar refractivity (Wildman–Crippen MR) is 89.6 cm³/mol. The molecule has 3 atom stereocenters. The summed E-state index contributed by atoms with van der Waals surface area (Å²) in [4.78, 5) is 26.8. The zero-order valence-corrected chi connectivity index (χ0v) is 15.0. The highest BCUT2D eigenvalue weighted by atomic mass is 35.5. The lowest BCUT2D eigenvalue weighted by molar-refractivity contribution is -0.164. The molecular weight excluding hydrogens is 367 g/mol. The van der Waals surface area contributed by atoms with Gasteiger partial charge in [0.05, 0.1) is 12.3 Å². The summed E-state index contributed by atoms with van der Waals surface area (Å²) in [5.41, 5.74) is 0.370. The van der Waals surface area contributed by atoms with Gasteiger partial charge in [0.15, 0.2) is 17.6 Å². The van der Waals surface area contributed by atoms with Crippen LogP contribution in [0, 0.1) is 5.82 Å². The fraction of sp³-hybridized carbons (Fsp3) is 0.529. The number of hydrogen-bond acceptors (Lipinski definition) is 5. The first-order chi connectivity index (χ1) is 12.3. The van der Waals surface area contributed by atoms with E-state index in [0.717, 1.165) is 0 Å². The Balaban J connectivity index is 1.67. The van der Waals surface area contributed by atoms with Gasteiger partial charge in [-0.05, 0) is 32.4 Å². The van der Waals surface area contributed by atoms with Crippen LogP contribution < -0.4 is 15.0 Å². The third-order valence-corrected chi connectivity index (χ3v) is 4.99. The number of amides is 2. The molecule has 2 saturated heterocycles. The minimum atomic E-state index is -0.947. The van der Waals surface area contributed by atoms with Gasteiger partial charge in [0.25, 0.3) is 11.8 Å². The van der Waals surface area contributed by atoms with Crippen LogP contribution in [-0.4, -0.2) is 49.0 Å². The molecular formula is C17H18ClFN2O5. The van der Waals surface area contributed by atoms with Crippen LogP contribution in [0.1, 0.15) is 20.3 Å². The summed E-state index contributed by atoms with van der Waals surface area (Å²) in [5, 5.41) is 2.47. The second-order valence-electron chi connectivity index (χ2n) is 6.91. The van der Waals surface area contributed by atoms with E-state index in [1.54, 1.807) is 13.8 Å². The molecule has 3 aliphatic heterocycles. The second-order valence-corrected chi connectivity index (χ2v) is 7.29. The number of nitrogens with one attached hydrogen (secondary N) is 1. The Hall–Kier alpha value is -1.90. The smallest absolute Gasteiger partial charge is 0.252 e. The van der Waals surface area contributed by atoms with Crippen LogP contribution in [0.2, 0.25) is 5.02 Å². The van der Waals surface area contributed by atoms with E-state index < -0.39 is 29.9 Å². The number of benzene rings is 1. The van der Waals surface area contributed by atoms with Crippen molar-refractivity contribution in [1.29, 1.82) is 0 Å². The molecule has 2 fully saturated rings. The summed E-state index contributed by atoms with van der Waals surface area (Å²) in [7, 11) is 0. The van der Waals surface area contributed by atoms with Crippen LogP contribution in [0.4, 0.5) is 10.1 Å². The lowest BCUT2D eigenvalue weighted by Crippen LogP contribution is -2.50. The SMILES string of the molecule is CC1(C)O[C@H]2[C@@H](C(=O)N3CCCOc4c3ccc(F)c4Cl)NC(=O)[C@H]2O1. The van der Waals surface area contributed by atoms with Crippen LogP contribution in [0.3, 0.4) is 0 Å². The third-order valence-electron chi connectivity index (χ3n) is 4.64. The van der Waals surface area contributed by atoms with Gasteiger partial charge in [-0.15, -0.1) is 0 Å². The van der Waals surface area contributed by atoms with Gasteiger partial charge in [0.1, 0.15) is 23.0 Å². The zero-order valence-electron chi connectivity index (χ0n) is 14.3. The van der Waals surface area contributed by atoms with Gasteiger partial charge in [-0.3, -0.25) is 9.59 Å². The average Bonchev–Trinajstić information content (AvgIpc) is 2.95. The molecule has 3 heterocycles. The average molecular weight is 385 g/mol. The van der Waals surface area contributed by atoms with Crippen LogP contribution in [0.5, 0.6) is 5.75 Å². The van der Waals surface area contributed by atoms with Crippen molar-refractivity contribution >= 4 is 29.1 Å². The summed E-state index contributed by atoms with van der Waals surface area (Å²) in [6.45, 7) is 4.03. The number of hydrogen-bond donors (Lipinski definition) is 1. The summed E-state index contributed by atoms with van der Waals surface area (Å²) in [6.07, 6.45) is -1.03. The Bertz CT molecular complexity index is 787. The van der Waals surface area contributed by atoms with Crippen molar-refractivity contribution in [1.82, 2.24) is 5.32 Å². The largest absolute Gasteiger partial charge is 0.490 e. The van der Waals surface area contributed by atoms with Crippen molar-refractivity contribution in [2.45, 2.75) is 44.3 Å². The van der Waals surface area contributed by atoms with Gasteiger partial charge < -0.3 is 24.4 Å². The zero-order chi connectivity index (χ0) is 18.6. The molecule has 1 N–H and O–H groups in total. The number of halogens is 2. The molecule has 26 heavy (non-hydrogen) atoms. The fourth-order valence-electron chi connectivity index (χ4n) is 3.54. The Morgan fingerprint density at radius 3 is 2.92 bits per heavy atom. The Labute approximate surface area is 154 Å². The van der Waals surface area contributed by atoms with E-state index in [1.807, 2.05) is 0 Å². The first-order valence-corrected chi connectivity index (χ1v) is 8.74. The molecule has 0 saturated carbocycles. The molecule has 0 aliphatic carbocycles. The van der Waals surface area contributed by atoms with Crippen LogP contribution >= 0.6 is 11.6 Å². The topological polar surface area (TPSA) is 77.1 Å².